The summed E-state index contributed by atoms with van der Waals surface area (Å²) >= 11 is 6.44. The number of H-pyrrole nitrogens is 2. The molecule has 7 heteroatoms. The predicted molar refractivity (Wildman–Crippen MR) is 120 cm³/mol. The van der Waals surface area contributed by atoms with Crippen molar-refractivity contribution in [3.63, 3.8) is 0 Å². The zero-order valence-electron chi connectivity index (χ0n) is 16.4. The van der Waals surface area contributed by atoms with E-state index in [-0.39, 0.29) is 11.4 Å². The normalized spacial score (nSPS) is 11.3. The summed E-state index contributed by atoms with van der Waals surface area (Å²) in [6, 6.07) is 21.3. The van der Waals surface area contributed by atoms with Gasteiger partial charge in [-0.2, -0.15) is 4.68 Å². The van der Waals surface area contributed by atoms with Crippen LogP contribution in [0.2, 0.25) is 5.02 Å². The van der Waals surface area contributed by atoms with Crippen LogP contribution in [-0.4, -0.2) is 19.7 Å². The largest absolute Gasteiger partial charge is 0.322 e. The molecule has 2 heterocycles. The molecule has 0 fully saturated rings. The van der Waals surface area contributed by atoms with Gasteiger partial charge in [0.05, 0.1) is 16.7 Å². The molecule has 0 aliphatic carbocycles. The first-order valence-electron chi connectivity index (χ1n) is 9.88. The van der Waals surface area contributed by atoms with Crippen molar-refractivity contribution in [3.05, 3.63) is 105 Å². The minimum atomic E-state index is -0.283. The van der Waals surface area contributed by atoms with E-state index in [2.05, 4.69) is 15.1 Å². The number of aryl methyl sites for hydroxylation is 1. The van der Waals surface area contributed by atoms with Gasteiger partial charge in [0.2, 0.25) is 5.95 Å². The first-order chi connectivity index (χ1) is 15.1. The minimum Gasteiger partial charge on any atom is -0.322 e. The summed E-state index contributed by atoms with van der Waals surface area (Å²) < 4.78 is 14.7. The zero-order valence-corrected chi connectivity index (χ0v) is 17.2. The molecule has 2 aromatic heterocycles. The number of nitrogens with zero attached hydrogens (tertiary/aromatic N) is 2. The molecule has 0 amide bonds. The van der Waals surface area contributed by atoms with E-state index < -0.39 is 0 Å². The van der Waals surface area contributed by atoms with Crippen LogP contribution in [0.5, 0.6) is 0 Å². The second kappa shape index (κ2) is 7.89. The highest BCUT2D eigenvalue weighted by atomic mass is 35.5. The van der Waals surface area contributed by atoms with Gasteiger partial charge in [0.1, 0.15) is 5.82 Å². The van der Waals surface area contributed by atoms with E-state index in [0.29, 0.717) is 35.1 Å². The Labute approximate surface area is 182 Å². The van der Waals surface area contributed by atoms with E-state index in [1.54, 1.807) is 18.2 Å². The lowest BCUT2D eigenvalue weighted by atomic mass is 10.0. The molecule has 5 nitrogen and oxygen atoms in total. The van der Waals surface area contributed by atoms with Crippen molar-refractivity contribution in [2.24, 2.45) is 0 Å². The van der Waals surface area contributed by atoms with Crippen LogP contribution in [-0.2, 0) is 12.8 Å². The maximum absolute atomic E-state index is 13.4. The molecule has 3 aromatic carbocycles. The lowest BCUT2D eigenvalue weighted by Crippen LogP contribution is -2.18. The van der Waals surface area contributed by atoms with E-state index in [0.717, 1.165) is 22.2 Å². The Morgan fingerprint density at radius 2 is 1.68 bits per heavy atom. The lowest BCUT2D eigenvalue weighted by molar-refractivity contribution is 0.627. The number of aromatic nitrogens is 4. The first kappa shape index (κ1) is 19.3. The van der Waals surface area contributed by atoms with Crippen LogP contribution in [0.1, 0.15) is 11.1 Å². The van der Waals surface area contributed by atoms with Crippen LogP contribution in [0.3, 0.4) is 0 Å². The van der Waals surface area contributed by atoms with Gasteiger partial charge >= 0.3 is 0 Å². The molecule has 31 heavy (non-hydrogen) atoms. The molecule has 2 N–H and O–H groups in total. The number of hydrogen-bond acceptors (Lipinski definition) is 2. The number of rotatable bonds is 5. The Hall–Kier alpha value is -3.64. The van der Waals surface area contributed by atoms with Crippen molar-refractivity contribution >= 4 is 22.6 Å². The molecule has 0 saturated carbocycles. The number of halogens is 2. The lowest BCUT2D eigenvalue weighted by Gasteiger charge is -2.05. The van der Waals surface area contributed by atoms with Crippen LogP contribution in [0.25, 0.3) is 28.2 Å². The summed E-state index contributed by atoms with van der Waals surface area (Å²) in [5, 5.41) is 3.74. The van der Waals surface area contributed by atoms with Gasteiger partial charge in [-0.25, -0.2) is 9.37 Å². The number of aromatic amines is 2. The topological polar surface area (TPSA) is 66.5 Å². The van der Waals surface area contributed by atoms with Crippen LogP contribution in [0, 0.1) is 5.82 Å². The molecule has 0 aliphatic heterocycles. The van der Waals surface area contributed by atoms with Gasteiger partial charge < -0.3 is 4.98 Å². The molecule has 0 bridgehead atoms. The summed E-state index contributed by atoms with van der Waals surface area (Å²) in [5.41, 5.74) is 4.34. The van der Waals surface area contributed by atoms with E-state index in [4.69, 9.17) is 11.6 Å². The Balaban J connectivity index is 1.61. The zero-order chi connectivity index (χ0) is 21.4. The highest BCUT2D eigenvalue weighted by Gasteiger charge is 2.20. The summed E-state index contributed by atoms with van der Waals surface area (Å²) in [4.78, 5) is 21.1. The third kappa shape index (κ3) is 3.66. The van der Waals surface area contributed by atoms with Crippen molar-refractivity contribution < 1.29 is 4.39 Å². The van der Waals surface area contributed by atoms with Crippen molar-refractivity contribution in [2.75, 3.05) is 0 Å². The molecule has 0 spiro atoms. The minimum absolute atomic E-state index is 0.198. The molecule has 5 rings (SSSR count). The van der Waals surface area contributed by atoms with Gasteiger partial charge in [0, 0.05) is 16.1 Å². The number of fused-ring (bicyclic) bond motifs is 1. The van der Waals surface area contributed by atoms with Crippen molar-refractivity contribution in [1.29, 1.82) is 0 Å². The third-order valence-corrected chi connectivity index (χ3v) is 5.63. The van der Waals surface area contributed by atoms with E-state index in [1.807, 2.05) is 42.5 Å². The van der Waals surface area contributed by atoms with Gasteiger partial charge in [-0.1, -0.05) is 54.1 Å². The molecular weight excluding hydrogens is 415 g/mol. The molecule has 154 valence electrons. The summed E-state index contributed by atoms with van der Waals surface area (Å²) in [6.07, 6.45) is 1.06. The van der Waals surface area contributed by atoms with Gasteiger partial charge in [0.25, 0.3) is 5.56 Å². The van der Waals surface area contributed by atoms with Crippen LogP contribution in [0.4, 0.5) is 4.39 Å². The van der Waals surface area contributed by atoms with Crippen molar-refractivity contribution in [1.82, 2.24) is 19.7 Å². The van der Waals surface area contributed by atoms with Gasteiger partial charge in [0.15, 0.2) is 0 Å². The average Bonchev–Trinajstić information content (AvgIpc) is 3.34. The SMILES string of the molecule is O=c1c(CCc2ccc(F)cc2)c(-c2ccccc2Cl)[nH]n1-c1nc2ccccc2[nH]1. The Bertz CT molecular complexity index is 1400. The van der Waals surface area contributed by atoms with Crippen molar-refractivity contribution in [3.8, 4) is 17.2 Å². The Morgan fingerprint density at radius 1 is 0.935 bits per heavy atom. The Morgan fingerprint density at radius 3 is 2.45 bits per heavy atom. The van der Waals surface area contributed by atoms with Gasteiger partial charge in [-0.3, -0.25) is 9.89 Å². The Kier molecular flexibility index (Phi) is 4.92. The fourth-order valence-electron chi connectivity index (χ4n) is 3.71. The predicted octanol–water partition coefficient (Wildman–Crippen LogP) is 5.29. The number of nitrogens with one attached hydrogen (secondary N) is 2. The maximum Gasteiger partial charge on any atom is 0.277 e. The molecular formula is C24H18ClFN4O. The highest BCUT2D eigenvalue weighted by molar-refractivity contribution is 6.33. The molecule has 0 saturated heterocycles. The standard InChI is InChI=1S/C24H18ClFN4O/c25-19-6-2-1-5-17(19)22-18(14-11-15-9-12-16(26)13-10-15)23(31)30(29-22)24-27-20-7-3-4-8-21(20)28-24/h1-10,12-13,29H,11,14H2,(H,27,28). The quantitative estimate of drug-likeness (QED) is 0.396. The van der Waals surface area contributed by atoms with Crippen molar-refractivity contribution in [2.45, 2.75) is 12.8 Å². The molecule has 0 atom stereocenters. The number of hydrogen-bond donors (Lipinski definition) is 2. The fourth-order valence-corrected chi connectivity index (χ4v) is 3.94. The van der Waals surface area contributed by atoms with Crippen LogP contribution < -0.4 is 5.56 Å². The summed E-state index contributed by atoms with van der Waals surface area (Å²) in [7, 11) is 0. The van der Waals surface area contributed by atoms with Crippen LogP contribution >= 0.6 is 11.6 Å². The molecule has 0 radical (unpaired) electrons. The number of para-hydroxylation sites is 2. The molecule has 5 aromatic rings. The first-order valence-corrected chi connectivity index (χ1v) is 10.3. The summed E-state index contributed by atoms with van der Waals surface area (Å²) in [5.74, 6) is 0.127. The smallest absolute Gasteiger partial charge is 0.277 e. The van der Waals surface area contributed by atoms with Gasteiger partial charge in [-0.15, -0.1) is 0 Å². The van der Waals surface area contributed by atoms with Gasteiger partial charge in [-0.05, 0) is 48.7 Å². The number of imidazole rings is 1. The third-order valence-electron chi connectivity index (χ3n) is 5.30. The van der Waals surface area contributed by atoms with E-state index in [9.17, 15) is 9.18 Å². The second-order valence-electron chi connectivity index (χ2n) is 7.29. The average molecular weight is 433 g/mol. The van der Waals surface area contributed by atoms with E-state index in [1.165, 1.54) is 16.8 Å². The number of benzene rings is 3. The second-order valence-corrected chi connectivity index (χ2v) is 7.70. The maximum atomic E-state index is 13.4. The highest BCUT2D eigenvalue weighted by Crippen LogP contribution is 2.29. The van der Waals surface area contributed by atoms with Crippen LogP contribution in [0.15, 0.2) is 77.6 Å². The van der Waals surface area contributed by atoms with E-state index >= 15 is 0 Å². The molecule has 0 unspecified atom stereocenters. The monoisotopic (exact) mass is 432 g/mol. The summed E-state index contributed by atoms with van der Waals surface area (Å²) in [6.45, 7) is 0. The molecule has 0 aliphatic rings. The fraction of sp³-hybridized carbons (Fsp3) is 0.0833.